The zero-order chi connectivity index (χ0) is 23.6. The summed E-state index contributed by atoms with van der Waals surface area (Å²) in [5, 5.41) is 0. The van der Waals surface area contributed by atoms with E-state index >= 15 is 0 Å². The van der Waals surface area contributed by atoms with E-state index in [0.717, 1.165) is 63.8 Å². The molecule has 0 spiro atoms. The number of likely N-dealkylation sites (N-methyl/N-ethyl adjacent to an activating group) is 1. The number of hydrogen-bond acceptors (Lipinski definition) is 4. The number of unbranched alkanes of at least 4 members (excludes halogenated alkanes) is 1. The Morgan fingerprint density at radius 1 is 1.06 bits per heavy atom. The summed E-state index contributed by atoms with van der Waals surface area (Å²) in [5.41, 5.74) is 1.15. The normalized spacial score (nSPS) is 16.6. The molecular weight excluding hydrogens is 422 g/mol. The molecule has 1 saturated heterocycles. The molecule has 1 N–H and O–H groups in total. The number of nitrogens with one attached hydrogen (secondary N) is 1. The molecule has 2 rings (SSSR count). The Hall–Kier alpha value is -1.44. The molecule has 0 radical (unpaired) electrons. The first-order valence-electron chi connectivity index (χ1n) is 12.3. The van der Waals surface area contributed by atoms with Gasteiger partial charge in [-0.15, -0.1) is 0 Å². The van der Waals surface area contributed by atoms with Crippen LogP contribution in [-0.4, -0.2) is 62.9 Å². The molecule has 1 heterocycles. The average molecular weight is 466 g/mol. The summed E-state index contributed by atoms with van der Waals surface area (Å²) in [5.74, 6) is 0.600. The van der Waals surface area contributed by atoms with Gasteiger partial charge in [-0.25, -0.2) is 13.1 Å². The van der Waals surface area contributed by atoms with Gasteiger partial charge in [-0.1, -0.05) is 39.3 Å². The minimum Gasteiger partial charge on any atom is -0.343 e. The van der Waals surface area contributed by atoms with Crippen LogP contribution >= 0.6 is 0 Å². The molecule has 0 aromatic heterocycles. The summed E-state index contributed by atoms with van der Waals surface area (Å²) in [4.78, 5) is 17.0. The predicted octanol–water partition coefficient (Wildman–Crippen LogP) is 4.06. The van der Waals surface area contributed by atoms with Crippen LogP contribution in [0.3, 0.4) is 0 Å². The second-order valence-corrected chi connectivity index (χ2v) is 11.2. The smallest absolute Gasteiger partial charge is 0.240 e. The summed E-state index contributed by atoms with van der Waals surface area (Å²) in [6, 6.07) is 7.65. The molecular formula is C25H43N3O3S. The van der Waals surface area contributed by atoms with E-state index in [9.17, 15) is 13.2 Å². The van der Waals surface area contributed by atoms with Crippen LogP contribution in [0.25, 0.3) is 0 Å². The Morgan fingerprint density at radius 2 is 1.78 bits per heavy atom. The quantitative estimate of drug-likeness (QED) is 0.446. The van der Waals surface area contributed by atoms with Crippen molar-refractivity contribution in [3.8, 4) is 0 Å². The maximum Gasteiger partial charge on any atom is 0.240 e. The van der Waals surface area contributed by atoms with Gasteiger partial charge in [0.15, 0.2) is 0 Å². The molecule has 32 heavy (non-hydrogen) atoms. The fourth-order valence-corrected chi connectivity index (χ4v) is 5.43. The van der Waals surface area contributed by atoms with E-state index in [4.69, 9.17) is 0 Å². The molecule has 1 aromatic rings. The van der Waals surface area contributed by atoms with Crippen LogP contribution in [0.2, 0.25) is 0 Å². The average Bonchev–Trinajstić information content (AvgIpc) is 2.96. The van der Waals surface area contributed by atoms with Crippen LogP contribution < -0.4 is 4.72 Å². The molecule has 6 nitrogen and oxygen atoms in total. The second-order valence-electron chi connectivity index (χ2n) is 9.47. The third-order valence-electron chi connectivity index (χ3n) is 6.27. The van der Waals surface area contributed by atoms with Crippen molar-refractivity contribution in [3.05, 3.63) is 29.8 Å². The summed E-state index contributed by atoms with van der Waals surface area (Å²) in [6.45, 7) is 12.6. The highest BCUT2D eigenvalue weighted by atomic mass is 32.2. The highest BCUT2D eigenvalue weighted by Crippen LogP contribution is 2.15. The third-order valence-corrected chi connectivity index (χ3v) is 7.71. The lowest BCUT2D eigenvalue weighted by Crippen LogP contribution is -2.36. The van der Waals surface area contributed by atoms with Crippen LogP contribution in [0.1, 0.15) is 71.8 Å². The first-order valence-corrected chi connectivity index (χ1v) is 13.8. The Balaban J connectivity index is 1.80. The minimum atomic E-state index is -3.44. The highest BCUT2D eigenvalue weighted by molar-refractivity contribution is 7.89. The number of carbonyl (C=O) groups is 1. The van der Waals surface area contributed by atoms with E-state index in [1.807, 2.05) is 26.0 Å². The predicted molar refractivity (Wildman–Crippen MR) is 131 cm³/mol. The first-order chi connectivity index (χ1) is 15.2. The SMILES string of the molecule is CCN(CCCCN1CCCCCC1=O)C(C)Cc1ccc(S(=O)(=O)NCC(C)C)cc1. The topological polar surface area (TPSA) is 69.7 Å². The van der Waals surface area contributed by atoms with Crippen molar-refractivity contribution in [1.29, 1.82) is 0 Å². The lowest BCUT2D eigenvalue weighted by molar-refractivity contribution is -0.130. The van der Waals surface area contributed by atoms with Gasteiger partial charge in [0.2, 0.25) is 15.9 Å². The number of sulfonamides is 1. The van der Waals surface area contributed by atoms with Crippen LogP contribution in [0.4, 0.5) is 0 Å². The van der Waals surface area contributed by atoms with E-state index < -0.39 is 10.0 Å². The highest BCUT2D eigenvalue weighted by Gasteiger charge is 2.18. The van der Waals surface area contributed by atoms with Gasteiger partial charge in [-0.3, -0.25) is 4.79 Å². The Morgan fingerprint density at radius 3 is 2.44 bits per heavy atom. The molecule has 1 amide bonds. The molecule has 1 aromatic carbocycles. The Labute approximate surface area is 195 Å². The van der Waals surface area contributed by atoms with Crippen LogP contribution in [0.5, 0.6) is 0 Å². The standard InChI is InChI=1S/C25H43N3O3S/c1-5-27(16-9-10-18-28-17-8-6-7-11-25(28)29)22(4)19-23-12-14-24(15-13-23)32(30,31)26-20-21(2)3/h12-15,21-22,26H,5-11,16-20H2,1-4H3. The van der Waals surface area contributed by atoms with Gasteiger partial charge in [0.05, 0.1) is 4.90 Å². The lowest BCUT2D eigenvalue weighted by Gasteiger charge is -2.28. The van der Waals surface area contributed by atoms with E-state index in [0.29, 0.717) is 29.8 Å². The Kier molecular flexibility index (Phi) is 11.2. The van der Waals surface area contributed by atoms with Crippen LogP contribution in [0.15, 0.2) is 29.2 Å². The number of amides is 1. The monoisotopic (exact) mass is 465 g/mol. The molecule has 0 aliphatic carbocycles. The van der Waals surface area contributed by atoms with Gasteiger partial charge < -0.3 is 9.80 Å². The molecule has 0 bridgehead atoms. The van der Waals surface area contributed by atoms with Gasteiger partial charge >= 0.3 is 0 Å². The molecule has 1 unspecified atom stereocenters. The largest absolute Gasteiger partial charge is 0.343 e. The Bertz CT molecular complexity index is 793. The number of hydrogen-bond donors (Lipinski definition) is 1. The molecule has 182 valence electrons. The number of benzene rings is 1. The summed E-state index contributed by atoms with van der Waals surface area (Å²) < 4.78 is 27.4. The van der Waals surface area contributed by atoms with Crippen molar-refractivity contribution in [3.63, 3.8) is 0 Å². The molecule has 1 fully saturated rings. The van der Waals surface area contributed by atoms with Crippen molar-refractivity contribution in [1.82, 2.24) is 14.5 Å². The van der Waals surface area contributed by atoms with E-state index in [1.165, 1.54) is 6.42 Å². The number of nitrogens with zero attached hydrogens (tertiary/aromatic N) is 2. The van der Waals surface area contributed by atoms with Crippen molar-refractivity contribution in [2.24, 2.45) is 5.92 Å². The van der Waals surface area contributed by atoms with Gasteiger partial charge in [-0.05, 0) is 75.7 Å². The fourth-order valence-electron chi connectivity index (χ4n) is 4.22. The second kappa shape index (κ2) is 13.3. The molecule has 0 saturated carbocycles. The summed E-state index contributed by atoms with van der Waals surface area (Å²) in [7, 11) is -3.44. The maximum absolute atomic E-state index is 12.4. The molecule has 1 aliphatic heterocycles. The van der Waals surface area contributed by atoms with E-state index in [1.54, 1.807) is 12.1 Å². The van der Waals surface area contributed by atoms with Gasteiger partial charge in [0.1, 0.15) is 0 Å². The van der Waals surface area contributed by atoms with E-state index in [2.05, 4.69) is 28.4 Å². The lowest BCUT2D eigenvalue weighted by atomic mass is 10.1. The fraction of sp³-hybridized carbons (Fsp3) is 0.720. The molecule has 1 aliphatic rings. The third kappa shape index (κ3) is 8.83. The zero-order valence-corrected chi connectivity index (χ0v) is 21.3. The number of carbonyl (C=O) groups excluding carboxylic acids is 1. The van der Waals surface area contributed by atoms with Crippen molar-refractivity contribution in [2.45, 2.75) is 83.6 Å². The van der Waals surface area contributed by atoms with Gasteiger partial charge in [-0.2, -0.15) is 0 Å². The van der Waals surface area contributed by atoms with Crippen molar-refractivity contribution < 1.29 is 13.2 Å². The van der Waals surface area contributed by atoms with Crippen LogP contribution in [-0.2, 0) is 21.2 Å². The van der Waals surface area contributed by atoms with Crippen molar-refractivity contribution >= 4 is 15.9 Å². The van der Waals surface area contributed by atoms with Crippen LogP contribution in [0, 0.1) is 5.92 Å². The molecule has 7 heteroatoms. The molecule has 1 atom stereocenters. The number of rotatable bonds is 13. The van der Waals surface area contributed by atoms with Gasteiger partial charge in [0.25, 0.3) is 0 Å². The number of likely N-dealkylation sites (tertiary alicyclic amines) is 1. The zero-order valence-electron chi connectivity index (χ0n) is 20.5. The minimum absolute atomic E-state index is 0.273. The van der Waals surface area contributed by atoms with Crippen molar-refractivity contribution in [2.75, 3.05) is 32.7 Å². The van der Waals surface area contributed by atoms with Gasteiger partial charge in [0, 0.05) is 32.1 Å². The summed E-state index contributed by atoms with van der Waals surface area (Å²) >= 11 is 0. The maximum atomic E-state index is 12.4. The summed E-state index contributed by atoms with van der Waals surface area (Å²) in [6.07, 6.45) is 7.08. The van der Waals surface area contributed by atoms with E-state index in [-0.39, 0.29) is 5.92 Å². The first kappa shape index (κ1) is 26.8.